The van der Waals surface area contributed by atoms with E-state index in [9.17, 15) is 14.0 Å². The van der Waals surface area contributed by atoms with Crippen LogP contribution in [0.5, 0.6) is 0 Å². The first kappa shape index (κ1) is 17.1. The third kappa shape index (κ3) is 3.35. The minimum atomic E-state index is -0.536. The Morgan fingerprint density at radius 3 is 2.96 bits per heavy atom. The number of carbonyl (C=O) groups is 2. The van der Waals surface area contributed by atoms with Gasteiger partial charge in [-0.1, -0.05) is 0 Å². The van der Waals surface area contributed by atoms with Crippen LogP contribution in [0.3, 0.4) is 0 Å². The number of rotatable bonds is 5. The van der Waals surface area contributed by atoms with E-state index < -0.39 is 11.9 Å². The second-order valence-electron chi connectivity index (χ2n) is 6.42. The van der Waals surface area contributed by atoms with Crippen molar-refractivity contribution in [2.45, 2.75) is 25.9 Å². The van der Waals surface area contributed by atoms with Crippen LogP contribution < -0.4 is 4.90 Å². The summed E-state index contributed by atoms with van der Waals surface area (Å²) in [5.74, 6) is -0.427. The number of nitrogens with zero attached hydrogens (tertiary/aromatic N) is 5. The van der Waals surface area contributed by atoms with E-state index in [0.29, 0.717) is 41.8 Å². The molecule has 1 aromatic carbocycles. The van der Waals surface area contributed by atoms with E-state index >= 15 is 0 Å². The SMILES string of the molecule is CC(=O)CC[C@H]1CN(c2ccc(-c3ccn4nnnc4c3)c(F)c2)C(=O)O1. The molecule has 8 nitrogen and oxygen atoms in total. The highest BCUT2D eigenvalue weighted by molar-refractivity contribution is 5.90. The smallest absolute Gasteiger partial charge is 0.414 e. The summed E-state index contributed by atoms with van der Waals surface area (Å²) in [6.07, 6.45) is 1.55. The fourth-order valence-electron chi connectivity index (χ4n) is 3.06. The topological polar surface area (TPSA) is 89.7 Å². The molecule has 1 atom stereocenters. The molecule has 0 unspecified atom stereocenters. The highest BCUT2D eigenvalue weighted by Crippen LogP contribution is 2.30. The molecule has 1 saturated heterocycles. The zero-order valence-corrected chi connectivity index (χ0v) is 14.5. The van der Waals surface area contributed by atoms with Gasteiger partial charge in [-0.25, -0.2) is 13.7 Å². The minimum Gasteiger partial charge on any atom is -0.444 e. The maximum atomic E-state index is 14.7. The third-order valence-electron chi connectivity index (χ3n) is 4.47. The predicted molar refractivity (Wildman–Crippen MR) is 93.7 cm³/mol. The Balaban J connectivity index is 1.56. The number of aromatic nitrogens is 4. The molecular formula is C18H16FN5O3. The summed E-state index contributed by atoms with van der Waals surface area (Å²) in [5, 5.41) is 11.2. The highest BCUT2D eigenvalue weighted by atomic mass is 19.1. The lowest BCUT2D eigenvalue weighted by molar-refractivity contribution is -0.117. The number of carbonyl (C=O) groups excluding carboxylic acids is 2. The first-order valence-electron chi connectivity index (χ1n) is 8.46. The number of halogens is 1. The lowest BCUT2D eigenvalue weighted by atomic mass is 10.1. The zero-order chi connectivity index (χ0) is 19.0. The number of fused-ring (bicyclic) bond motifs is 1. The number of hydrogen-bond acceptors (Lipinski definition) is 6. The van der Waals surface area contributed by atoms with Crippen molar-refractivity contribution in [3.8, 4) is 11.1 Å². The van der Waals surface area contributed by atoms with E-state index in [-0.39, 0.29) is 11.9 Å². The number of amides is 1. The zero-order valence-electron chi connectivity index (χ0n) is 14.5. The first-order chi connectivity index (χ1) is 13.0. The normalized spacial score (nSPS) is 16.7. The monoisotopic (exact) mass is 369 g/mol. The summed E-state index contributed by atoms with van der Waals surface area (Å²) in [6, 6.07) is 7.97. The number of pyridine rings is 1. The number of ketones is 1. The van der Waals surface area contributed by atoms with Gasteiger partial charge in [0.1, 0.15) is 17.7 Å². The molecule has 138 valence electrons. The summed E-state index contributed by atoms with van der Waals surface area (Å²) in [5.41, 5.74) is 1.93. The van der Waals surface area contributed by atoms with Crippen LogP contribution in [0.15, 0.2) is 36.5 Å². The van der Waals surface area contributed by atoms with Gasteiger partial charge in [0.25, 0.3) is 0 Å². The molecule has 1 aliphatic rings. The molecule has 1 aliphatic heterocycles. The van der Waals surface area contributed by atoms with Crippen molar-refractivity contribution in [1.82, 2.24) is 20.0 Å². The summed E-state index contributed by atoms with van der Waals surface area (Å²) in [4.78, 5) is 24.6. The summed E-state index contributed by atoms with van der Waals surface area (Å²) >= 11 is 0. The van der Waals surface area contributed by atoms with Crippen molar-refractivity contribution in [3.63, 3.8) is 0 Å². The molecule has 0 bridgehead atoms. The van der Waals surface area contributed by atoms with Crippen LogP contribution in [0.4, 0.5) is 14.9 Å². The van der Waals surface area contributed by atoms with Gasteiger partial charge in [-0.05, 0) is 59.7 Å². The molecule has 1 amide bonds. The van der Waals surface area contributed by atoms with E-state index in [2.05, 4.69) is 15.5 Å². The summed E-state index contributed by atoms with van der Waals surface area (Å²) < 4.78 is 21.5. The largest absolute Gasteiger partial charge is 0.444 e. The van der Waals surface area contributed by atoms with E-state index in [0.717, 1.165) is 0 Å². The van der Waals surface area contributed by atoms with Crippen LogP contribution in [-0.2, 0) is 9.53 Å². The molecule has 1 fully saturated rings. The Labute approximate surface area is 153 Å². The van der Waals surface area contributed by atoms with Gasteiger partial charge in [0.2, 0.25) is 0 Å². The number of hydrogen-bond donors (Lipinski definition) is 0. The van der Waals surface area contributed by atoms with Crippen molar-refractivity contribution >= 4 is 23.2 Å². The molecule has 4 rings (SSSR count). The van der Waals surface area contributed by atoms with Crippen LogP contribution in [-0.4, -0.2) is 44.6 Å². The molecule has 3 aromatic rings. The van der Waals surface area contributed by atoms with Gasteiger partial charge in [0.15, 0.2) is 5.65 Å². The Bertz CT molecular complexity index is 1030. The fourth-order valence-corrected chi connectivity index (χ4v) is 3.06. The third-order valence-corrected chi connectivity index (χ3v) is 4.47. The average molecular weight is 369 g/mol. The van der Waals surface area contributed by atoms with Crippen molar-refractivity contribution in [1.29, 1.82) is 0 Å². The average Bonchev–Trinajstić information content (AvgIpc) is 3.25. The number of cyclic esters (lactones) is 1. The van der Waals surface area contributed by atoms with Crippen LogP contribution in [0.1, 0.15) is 19.8 Å². The number of anilines is 1. The molecule has 0 saturated carbocycles. The molecule has 0 N–H and O–H groups in total. The van der Waals surface area contributed by atoms with E-state index in [4.69, 9.17) is 4.74 Å². The second kappa shape index (κ2) is 6.75. The highest BCUT2D eigenvalue weighted by Gasteiger charge is 2.32. The standard InChI is InChI=1S/C18H16FN5O3/c1-11(25)2-4-14-10-23(18(26)27-14)13-3-5-15(16(19)9-13)12-6-7-24-17(8-12)20-21-22-24/h3,5-9,14H,2,4,10H2,1H3/t14-/m0/s1. The van der Waals surface area contributed by atoms with Crippen LogP contribution in [0.25, 0.3) is 16.8 Å². The maximum absolute atomic E-state index is 14.7. The van der Waals surface area contributed by atoms with Gasteiger partial charge >= 0.3 is 6.09 Å². The van der Waals surface area contributed by atoms with Crippen molar-refractivity contribution in [3.05, 3.63) is 42.3 Å². The number of benzene rings is 1. The molecule has 3 heterocycles. The Hall–Kier alpha value is -3.36. The molecule has 0 aliphatic carbocycles. The lowest BCUT2D eigenvalue weighted by Crippen LogP contribution is -2.24. The predicted octanol–water partition coefficient (Wildman–Crippen LogP) is 2.62. The van der Waals surface area contributed by atoms with Crippen LogP contribution >= 0.6 is 0 Å². The van der Waals surface area contributed by atoms with Crippen LogP contribution in [0.2, 0.25) is 0 Å². The maximum Gasteiger partial charge on any atom is 0.414 e. The van der Waals surface area contributed by atoms with Crippen LogP contribution in [0, 0.1) is 5.82 Å². The van der Waals surface area contributed by atoms with E-state index in [1.807, 2.05) is 0 Å². The van der Waals surface area contributed by atoms with Gasteiger partial charge in [0, 0.05) is 18.2 Å². The van der Waals surface area contributed by atoms with Gasteiger partial charge < -0.3 is 9.53 Å². The summed E-state index contributed by atoms with van der Waals surface area (Å²) in [6.45, 7) is 1.79. The second-order valence-corrected chi connectivity index (χ2v) is 6.42. The summed E-state index contributed by atoms with van der Waals surface area (Å²) in [7, 11) is 0. The number of Topliss-reactive ketones (excluding diaryl/α,β-unsaturated/α-hetero) is 1. The van der Waals surface area contributed by atoms with E-state index in [1.54, 1.807) is 30.5 Å². The number of tetrazole rings is 1. The molecular weight excluding hydrogens is 353 g/mol. The number of ether oxygens (including phenoxy) is 1. The Morgan fingerprint density at radius 2 is 2.19 bits per heavy atom. The lowest BCUT2D eigenvalue weighted by Gasteiger charge is -2.14. The molecule has 9 heteroatoms. The molecule has 2 aromatic heterocycles. The quantitative estimate of drug-likeness (QED) is 0.687. The van der Waals surface area contributed by atoms with Gasteiger partial charge in [-0.3, -0.25) is 4.90 Å². The molecule has 0 radical (unpaired) electrons. The molecule has 27 heavy (non-hydrogen) atoms. The minimum absolute atomic E-state index is 0.0414. The van der Waals surface area contributed by atoms with Crippen molar-refractivity contribution in [2.24, 2.45) is 0 Å². The van der Waals surface area contributed by atoms with Gasteiger partial charge in [0.05, 0.1) is 12.2 Å². The molecule has 0 spiro atoms. The van der Waals surface area contributed by atoms with E-state index in [1.165, 1.54) is 22.4 Å². The Morgan fingerprint density at radius 1 is 1.33 bits per heavy atom. The van der Waals surface area contributed by atoms with Crippen molar-refractivity contribution < 1.29 is 18.7 Å². The fraction of sp³-hybridized carbons (Fsp3) is 0.278. The first-order valence-corrected chi connectivity index (χ1v) is 8.46. The van der Waals surface area contributed by atoms with Gasteiger partial charge in [-0.2, -0.15) is 0 Å². The Kier molecular flexibility index (Phi) is 4.27. The van der Waals surface area contributed by atoms with Crippen molar-refractivity contribution in [2.75, 3.05) is 11.4 Å². The van der Waals surface area contributed by atoms with Gasteiger partial charge in [-0.15, -0.1) is 5.10 Å².